The second kappa shape index (κ2) is 7.15. The first-order valence-corrected chi connectivity index (χ1v) is 9.07. The lowest BCUT2D eigenvalue weighted by Crippen LogP contribution is -2.21. The molecule has 1 amide bonds. The minimum Gasteiger partial charge on any atom is -0.345 e. The molecule has 0 spiro atoms. The molecule has 0 atom stereocenters. The molecule has 5 heteroatoms. The third-order valence-corrected chi connectivity index (χ3v) is 4.91. The molecule has 0 aliphatic heterocycles. The van der Waals surface area contributed by atoms with Gasteiger partial charge in [0.05, 0.1) is 5.69 Å². The molecule has 0 unspecified atom stereocenters. The van der Waals surface area contributed by atoms with E-state index in [0.29, 0.717) is 11.5 Å². The van der Waals surface area contributed by atoms with Crippen LogP contribution in [0.5, 0.6) is 0 Å². The van der Waals surface area contributed by atoms with Crippen LogP contribution in [0, 0.1) is 0 Å². The molecule has 3 aromatic rings. The van der Waals surface area contributed by atoms with Gasteiger partial charge in [-0.05, 0) is 29.7 Å². The van der Waals surface area contributed by atoms with Gasteiger partial charge in [0.15, 0.2) is 0 Å². The predicted octanol–water partition coefficient (Wildman–Crippen LogP) is 4.70. The van der Waals surface area contributed by atoms with Gasteiger partial charge in [-0.3, -0.25) is 9.78 Å². The van der Waals surface area contributed by atoms with Crippen molar-refractivity contribution in [1.82, 2.24) is 14.9 Å². The highest BCUT2D eigenvalue weighted by Gasteiger charge is 2.14. The second-order valence-corrected chi connectivity index (χ2v) is 7.29. The number of aromatic nitrogens is 2. The van der Waals surface area contributed by atoms with Gasteiger partial charge in [-0.2, -0.15) is 0 Å². The van der Waals surface area contributed by atoms with Crippen molar-refractivity contribution in [3.8, 4) is 21.8 Å². The first-order valence-electron chi connectivity index (χ1n) is 8.19. The predicted molar refractivity (Wildman–Crippen MR) is 103 cm³/mol. The van der Waals surface area contributed by atoms with Crippen LogP contribution in [0.3, 0.4) is 0 Å². The quantitative estimate of drug-likeness (QED) is 0.684. The summed E-state index contributed by atoms with van der Waals surface area (Å²) in [7, 11) is 3.51. The number of rotatable bonds is 4. The lowest BCUT2D eigenvalue weighted by molar-refractivity contribution is 0.0827. The van der Waals surface area contributed by atoms with E-state index in [1.165, 1.54) is 5.56 Å². The SMILES string of the molecule is CC(C)c1ccncc1-c1csc(-c2cccc(C(=O)N(C)C)c2)n1. The Morgan fingerprint density at radius 3 is 2.72 bits per heavy atom. The zero-order valence-corrected chi connectivity index (χ0v) is 15.7. The standard InChI is InChI=1S/C20H21N3OS/c1-13(2)16-8-9-21-11-17(16)18-12-25-19(22-18)14-6-5-7-15(10-14)20(24)23(3)4/h5-13H,1-4H3. The van der Waals surface area contributed by atoms with E-state index in [1.807, 2.05) is 36.7 Å². The first-order chi connectivity index (χ1) is 12.0. The molecule has 25 heavy (non-hydrogen) atoms. The summed E-state index contributed by atoms with van der Waals surface area (Å²) in [5.41, 5.74) is 4.87. The molecule has 0 N–H and O–H groups in total. The van der Waals surface area contributed by atoms with Gasteiger partial charge in [-0.25, -0.2) is 4.98 Å². The summed E-state index contributed by atoms with van der Waals surface area (Å²) < 4.78 is 0. The van der Waals surface area contributed by atoms with Crippen molar-refractivity contribution < 1.29 is 4.79 Å². The molecule has 0 saturated heterocycles. The van der Waals surface area contributed by atoms with Crippen molar-refractivity contribution in [2.24, 2.45) is 0 Å². The van der Waals surface area contributed by atoms with Crippen molar-refractivity contribution in [1.29, 1.82) is 0 Å². The van der Waals surface area contributed by atoms with Crippen molar-refractivity contribution in [2.75, 3.05) is 14.1 Å². The van der Waals surface area contributed by atoms with Crippen LogP contribution in [0.4, 0.5) is 0 Å². The minimum atomic E-state index is -0.00650. The van der Waals surface area contributed by atoms with Crippen LogP contribution in [0.1, 0.15) is 35.7 Å². The highest BCUT2D eigenvalue weighted by Crippen LogP contribution is 2.33. The molecule has 0 saturated carbocycles. The summed E-state index contributed by atoms with van der Waals surface area (Å²) in [5.74, 6) is 0.400. The van der Waals surface area contributed by atoms with E-state index < -0.39 is 0 Å². The molecule has 0 radical (unpaired) electrons. The Hall–Kier alpha value is -2.53. The molecule has 2 heterocycles. The largest absolute Gasteiger partial charge is 0.345 e. The van der Waals surface area contributed by atoms with E-state index in [0.717, 1.165) is 21.8 Å². The van der Waals surface area contributed by atoms with Crippen molar-refractivity contribution in [3.05, 3.63) is 59.2 Å². The lowest BCUT2D eigenvalue weighted by Gasteiger charge is -2.10. The Bertz CT molecular complexity index is 899. The average Bonchev–Trinajstić information content (AvgIpc) is 3.11. The maximum absolute atomic E-state index is 12.2. The van der Waals surface area contributed by atoms with Gasteiger partial charge in [-0.1, -0.05) is 26.0 Å². The highest BCUT2D eigenvalue weighted by molar-refractivity contribution is 7.13. The van der Waals surface area contributed by atoms with Gasteiger partial charge in [0.2, 0.25) is 0 Å². The Kier molecular flexibility index (Phi) is 4.95. The average molecular weight is 351 g/mol. The summed E-state index contributed by atoms with van der Waals surface area (Å²) in [6.07, 6.45) is 3.70. The molecule has 0 bridgehead atoms. The number of benzene rings is 1. The molecular weight excluding hydrogens is 330 g/mol. The van der Waals surface area contributed by atoms with E-state index in [2.05, 4.69) is 30.3 Å². The van der Waals surface area contributed by atoms with Gasteiger partial charge in [0, 0.05) is 48.6 Å². The number of hydrogen-bond donors (Lipinski definition) is 0. The molecule has 0 aliphatic rings. The summed E-state index contributed by atoms with van der Waals surface area (Å²) in [5, 5.41) is 2.96. The third-order valence-electron chi connectivity index (χ3n) is 4.02. The lowest BCUT2D eigenvalue weighted by atomic mass is 9.98. The molecule has 0 fully saturated rings. The molecule has 1 aromatic carbocycles. The Morgan fingerprint density at radius 2 is 2.00 bits per heavy atom. The van der Waals surface area contributed by atoms with Gasteiger partial charge in [0.1, 0.15) is 5.01 Å². The number of hydrogen-bond acceptors (Lipinski definition) is 4. The third kappa shape index (κ3) is 3.61. The van der Waals surface area contributed by atoms with Crippen LogP contribution in [0.15, 0.2) is 48.1 Å². The molecular formula is C20H21N3OS. The summed E-state index contributed by atoms with van der Waals surface area (Å²) >= 11 is 1.58. The topological polar surface area (TPSA) is 46.1 Å². The molecule has 2 aromatic heterocycles. The Morgan fingerprint density at radius 1 is 1.20 bits per heavy atom. The number of carbonyl (C=O) groups excluding carboxylic acids is 1. The zero-order valence-electron chi connectivity index (χ0n) is 14.9. The number of carbonyl (C=O) groups is 1. The molecule has 128 valence electrons. The molecule has 4 nitrogen and oxygen atoms in total. The number of amides is 1. The monoisotopic (exact) mass is 351 g/mol. The van der Waals surface area contributed by atoms with E-state index >= 15 is 0 Å². The van der Waals surface area contributed by atoms with Gasteiger partial charge < -0.3 is 4.90 Å². The van der Waals surface area contributed by atoms with Crippen molar-refractivity contribution >= 4 is 17.2 Å². The fraction of sp³-hybridized carbons (Fsp3) is 0.250. The maximum Gasteiger partial charge on any atom is 0.253 e. The van der Waals surface area contributed by atoms with Crippen LogP contribution in [-0.4, -0.2) is 34.9 Å². The fourth-order valence-electron chi connectivity index (χ4n) is 2.70. The first kappa shape index (κ1) is 17.3. The van der Waals surface area contributed by atoms with Gasteiger partial charge in [-0.15, -0.1) is 11.3 Å². The summed E-state index contributed by atoms with van der Waals surface area (Å²) in [6.45, 7) is 4.34. The van der Waals surface area contributed by atoms with Crippen LogP contribution in [0.2, 0.25) is 0 Å². The summed E-state index contributed by atoms with van der Waals surface area (Å²) in [4.78, 5) is 22.8. The molecule has 3 rings (SSSR count). The van der Waals surface area contributed by atoms with Crippen LogP contribution in [0.25, 0.3) is 21.8 Å². The van der Waals surface area contributed by atoms with Crippen LogP contribution >= 0.6 is 11.3 Å². The van der Waals surface area contributed by atoms with E-state index in [4.69, 9.17) is 4.98 Å². The highest BCUT2D eigenvalue weighted by atomic mass is 32.1. The maximum atomic E-state index is 12.2. The number of pyridine rings is 1. The van der Waals surface area contributed by atoms with Gasteiger partial charge in [0.25, 0.3) is 5.91 Å². The van der Waals surface area contributed by atoms with Crippen LogP contribution < -0.4 is 0 Å². The Balaban J connectivity index is 1.98. The van der Waals surface area contributed by atoms with Crippen molar-refractivity contribution in [3.63, 3.8) is 0 Å². The van der Waals surface area contributed by atoms with Crippen LogP contribution in [-0.2, 0) is 0 Å². The zero-order chi connectivity index (χ0) is 18.0. The smallest absolute Gasteiger partial charge is 0.253 e. The van der Waals surface area contributed by atoms with E-state index in [9.17, 15) is 4.79 Å². The second-order valence-electron chi connectivity index (χ2n) is 6.44. The normalized spacial score (nSPS) is 10.9. The number of nitrogens with zero attached hydrogens (tertiary/aromatic N) is 3. The fourth-order valence-corrected chi connectivity index (χ4v) is 3.51. The van der Waals surface area contributed by atoms with E-state index in [1.54, 1.807) is 30.3 Å². The molecule has 0 aliphatic carbocycles. The van der Waals surface area contributed by atoms with E-state index in [-0.39, 0.29) is 5.91 Å². The summed E-state index contributed by atoms with van der Waals surface area (Å²) in [6, 6.07) is 9.67. The minimum absolute atomic E-state index is 0.00650. The number of thiazole rings is 1. The Labute approximate surface area is 152 Å². The van der Waals surface area contributed by atoms with Gasteiger partial charge >= 0.3 is 0 Å². The van der Waals surface area contributed by atoms with Crippen molar-refractivity contribution in [2.45, 2.75) is 19.8 Å².